The predicted molar refractivity (Wildman–Crippen MR) is 82.0 cm³/mol. The van der Waals surface area contributed by atoms with Crippen molar-refractivity contribution < 1.29 is 9.90 Å². The van der Waals surface area contributed by atoms with Gasteiger partial charge < -0.3 is 10.4 Å². The van der Waals surface area contributed by atoms with E-state index in [1.165, 1.54) is 6.42 Å². The van der Waals surface area contributed by atoms with E-state index in [0.29, 0.717) is 18.9 Å². The van der Waals surface area contributed by atoms with Crippen LogP contribution in [-0.2, 0) is 11.2 Å². The minimum Gasteiger partial charge on any atom is -0.393 e. The minimum absolute atomic E-state index is 0.0480. The van der Waals surface area contributed by atoms with E-state index in [1.807, 2.05) is 13.8 Å². The molecule has 2 rings (SSSR count). The maximum atomic E-state index is 11.9. The van der Waals surface area contributed by atoms with E-state index in [-0.39, 0.29) is 12.0 Å². The molecule has 1 aliphatic rings. The fourth-order valence-electron chi connectivity index (χ4n) is 3.17. The summed E-state index contributed by atoms with van der Waals surface area (Å²) >= 11 is 0. The van der Waals surface area contributed by atoms with Crippen LogP contribution in [0.25, 0.3) is 0 Å². The van der Waals surface area contributed by atoms with Crippen LogP contribution in [0.4, 0.5) is 0 Å². The summed E-state index contributed by atoms with van der Waals surface area (Å²) in [5.41, 5.74) is 2.86. The zero-order valence-electron chi connectivity index (χ0n) is 13.1. The number of aromatic nitrogens is 2. The molecule has 0 aromatic carbocycles. The summed E-state index contributed by atoms with van der Waals surface area (Å²) in [6.07, 6.45) is 6.65. The van der Waals surface area contributed by atoms with Crippen molar-refractivity contribution in [3.05, 3.63) is 17.0 Å². The van der Waals surface area contributed by atoms with Gasteiger partial charge in [0.1, 0.15) is 0 Å². The average molecular weight is 293 g/mol. The van der Waals surface area contributed by atoms with Crippen LogP contribution < -0.4 is 5.32 Å². The Morgan fingerprint density at radius 1 is 1.38 bits per heavy atom. The summed E-state index contributed by atoms with van der Waals surface area (Å²) in [5.74, 6) is 0.473. The van der Waals surface area contributed by atoms with Crippen molar-refractivity contribution in [1.82, 2.24) is 15.5 Å². The zero-order chi connectivity index (χ0) is 15.2. The Labute approximate surface area is 126 Å². The second-order valence-corrected chi connectivity index (χ2v) is 6.19. The molecule has 1 aromatic rings. The molecule has 0 bridgehead atoms. The van der Waals surface area contributed by atoms with E-state index in [4.69, 9.17) is 0 Å². The summed E-state index contributed by atoms with van der Waals surface area (Å²) in [6, 6.07) is 0. The lowest BCUT2D eigenvalue weighted by atomic mass is 9.83. The number of hydrogen-bond acceptors (Lipinski definition) is 3. The van der Waals surface area contributed by atoms with Gasteiger partial charge in [-0.05, 0) is 45.4 Å². The highest BCUT2D eigenvalue weighted by molar-refractivity contribution is 5.79. The lowest BCUT2D eigenvalue weighted by Gasteiger charge is -2.27. The summed E-state index contributed by atoms with van der Waals surface area (Å²) in [6.45, 7) is 4.54. The van der Waals surface area contributed by atoms with Gasteiger partial charge in [0.05, 0.1) is 18.2 Å². The molecule has 2 atom stereocenters. The van der Waals surface area contributed by atoms with Crippen LogP contribution in [-0.4, -0.2) is 33.9 Å². The number of carbonyl (C=O) groups is 1. The van der Waals surface area contributed by atoms with Crippen LogP contribution in [0.15, 0.2) is 0 Å². The standard InChI is InChI=1S/C16H27N3O2/c1-11-14(12(2)19-18-11)10-16(21)17-9-5-7-13-6-3-4-8-15(13)20/h13,15,20H,3-10H2,1-2H3,(H,17,21)(H,18,19)/t13-,15+/m0/s1. The zero-order valence-corrected chi connectivity index (χ0v) is 13.1. The number of amides is 1. The maximum Gasteiger partial charge on any atom is 0.224 e. The fraction of sp³-hybridized carbons (Fsp3) is 0.750. The second-order valence-electron chi connectivity index (χ2n) is 6.19. The Hall–Kier alpha value is -1.36. The molecule has 1 saturated carbocycles. The van der Waals surface area contributed by atoms with E-state index in [0.717, 1.165) is 49.1 Å². The molecule has 0 aliphatic heterocycles. The Bertz CT molecular complexity index is 451. The van der Waals surface area contributed by atoms with Crippen molar-refractivity contribution in [2.45, 2.75) is 64.9 Å². The third kappa shape index (κ3) is 4.56. The Kier molecular flexibility index (Phi) is 5.79. The fourth-order valence-corrected chi connectivity index (χ4v) is 3.17. The van der Waals surface area contributed by atoms with Gasteiger partial charge in [-0.2, -0.15) is 5.10 Å². The summed E-state index contributed by atoms with van der Waals surface area (Å²) in [5, 5.41) is 19.9. The molecule has 5 nitrogen and oxygen atoms in total. The summed E-state index contributed by atoms with van der Waals surface area (Å²) in [4.78, 5) is 11.9. The Morgan fingerprint density at radius 2 is 2.14 bits per heavy atom. The molecular weight excluding hydrogens is 266 g/mol. The number of aliphatic hydroxyl groups is 1. The highest BCUT2D eigenvalue weighted by Crippen LogP contribution is 2.27. The lowest BCUT2D eigenvalue weighted by molar-refractivity contribution is -0.120. The SMILES string of the molecule is Cc1n[nH]c(C)c1CC(=O)NCCC[C@@H]1CCCC[C@H]1O. The largest absolute Gasteiger partial charge is 0.393 e. The average Bonchev–Trinajstić information content (AvgIpc) is 2.77. The monoisotopic (exact) mass is 293 g/mol. The second kappa shape index (κ2) is 7.59. The van der Waals surface area contributed by atoms with Crippen molar-refractivity contribution in [2.24, 2.45) is 5.92 Å². The third-order valence-corrected chi connectivity index (χ3v) is 4.56. The molecule has 3 N–H and O–H groups in total. The molecule has 1 heterocycles. The van der Waals surface area contributed by atoms with Crippen molar-refractivity contribution >= 4 is 5.91 Å². The first kappa shape index (κ1) is 16.0. The Morgan fingerprint density at radius 3 is 2.81 bits per heavy atom. The Balaban J connectivity index is 1.65. The van der Waals surface area contributed by atoms with Crippen molar-refractivity contribution in [3.63, 3.8) is 0 Å². The quantitative estimate of drug-likeness (QED) is 0.702. The van der Waals surface area contributed by atoms with E-state index >= 15 is 0 Å². The molecular formula is C16H27N3O2. The molecule has 1 aliphatic carbocycles. The number of carbonyl (C=O) groups excluding carboxylic acids is 1. The number of aryl methyl sites for hydroxylation is 2. The first-order valence-electron chi connectivity index (χ1n) is 8.03. The molecule has 21 heavy (non-hydrogen) atoms. The van der Waals surface area contributed by atoms with E-state index in [9.17, 15) is 9.90 Å². The van der Waals surface area contributed by atoms with Gasteiger partial charge in [0, 0.05) is 17.8 Å². The van der Waals surface area contributed by atoms with E-state index < -0.39 is 0 Å². The minimum atomic E-state index is -0.134. The molecule has 0 spiro atoms. The van der Waals surface area contributed by atoms with Crippen molar-refractivity contribution in [1.29, 1.82) is 0 Å². The highest BCUT2D eigenvalue weighted by atomic mass is 16.3. The van der Waals surface area contributed by atoms with Crippen molar-refractivity contribution in [2.75, 3.05) is 6.54 Å². The normalized spacial score (nSPS) is 22.2. The molecule has 0 unspecified atom stereocenters. The van der Waals surface area contributed by atoms with Gasteiger partial charge in [0.15, 0.2) is 0 Å². The van der Waals surface area contributed by atoms with Gasteiger partial charge in [-0.25, -0.2) is 0 Å². The highest BCUT2D eigenvalue weighted by Gasteiger charge is 2.22. The number of aliphatic hydroxyl groups excluding tert-OH is 1. The first-order valence-corrected chi connectivity index (χ1v) is 8.03. The molecule has 1 amide bonds. The predicted octanol–water partition coefficient (Wildman–Crippen LogP) is 2.02. The molecule has 1 aromatic heterocycles. The van der Waals surface area contributed by atoms with Crippen LogP contribution in [0.5, 0.6) is 0 Å². The topological polar surface area (TPSA) is 78.0 Å². The van der Waals surface area contributed by atoms with Crippen LogP contribution in [0.1, 0.15) is 55.5 Å². The lowest BCUT2D eigenvalue weighted by Crippen LogP contribution is -2.29. The summed E-state index contributed by atoms with van der Waals surface area (Å²) < 4.78 is 0. The molecule has 0 radical (unpaired) electrons. The molecule has 5 heteroatoms. The number of nitrogens with one attached hydrogen (secondary N) is 2. The number of H-pyrrole nitrogens is 1. The molecule has 1 fully saturated rings. The van der Waals surface area contributed by atoms with Crippen molar-refractivity contribution in [3.8, 4) is 0 Å². The number of aromatic amines is 1. The van der Waals surface area contributed by atoms with Gasteiger partial charge in [-0.3, -0.25) is 9.89 Å². The third-order valence-electron chi connectivity index (χ3n) is 4.56. The number of nitrogens with zero attached hydrogens (tertiary/aromatic N) is 1. The number of rotatable bonds is 6. The molecule has 118 valence electrons. The van der Waals surface area contributed by atoms with Gasteiger partial charge >= 0.3 is 0 Å². The summed E-state index contributed by atoms with van der Waals surface area (Å²) in [7, 11) is 0. The van der Waals surface area contributed by atoms with Gasteiger partial charge in [0.2, 0.25) is 5.91 Å². The van der Waals surface area contributed by atoms with Gasteiger partial charge in [0.25, 0.3) is 0 Å². The van der Waals surface area contributed by atoms with Gasteiger partial charge in [-0.1, -0.05) is 12.8 Å². The molecule has 0 saturated heterocycles. The van der Waals surface area contributed by atoms with Crippen LogP contribution in [0, 0.1) is 19.8 Å². The van der Waals surface area contributed by atoms with E-state index in [1.54, 1.807) is 0 Å². The number of hydrogen-bond donors (Lipinski definition) is 3. The first-order chi connectivity index (χ1) is 10.1. The van der Waals surface area contributed by atoms with Crippen LogP contribution in [0.3, 0.4) is 0 Å². The van der Waals surface area contributed by atoms with E-state index in [2.05, 4.69) is 15.5 Å². The van der Waals surface area contributed by atoms with Crippen LogP contribution in [0.2, 0.25) is 0 Å². The maximum absolute atomic E-state index is 11.9. The van der Waals surface area contributed by atoms with Gasteiger partial charge in [-0.15, -0.1) is 0 Å². The smallest absolute Gasteiger partial charge is 0.224 e. The van der Waals surface area contributed by atoms with Crippen LogP contribution >= 0.6 is 0 Å².